The molecule has 6 nitrogen and oxygen atoms in total. The predicted octanol–water partition coefficient (Wildman–Crippen LogP) is 1.94. The molecule has 3 rings (SSSR count). The van der Waals surface area contributed by atoms with E-state index in [9.17, 15) is 22.8 Å². The maximum absolute atomic E-state index is 13.2. The molecule has 0 aliphatic carbocycles. The second-order valence-electron chi connectivity index (χ2n) is 6.95. The molecule has 0 spiro atoms. The van der Waals surface area contributed by atoms with Crippen LogP contribution in [0.4, 0.5) is 13.2 Å². The monoisotopic (exact) mass is 421 g/mol. The number of hydrogen-bond acceptors (Lipinski definition) is 4. The molecule has 1 N–H and O–H groups in total. The summed E-state index contributed by atoms with van der Waals surface area (Å²) < 4.78 is 44.6. The van der Waals surface area contributed by atoms with Crippen molar-refractivity contribution < 1.29 is 27.5 Å². The standard InChI is InChI=1S/C21H22F3N3O3/c22-16-1-3-19(4-2-16)30-14-21(29)27-7-5-26(6-8-27)13-20(28)25-12-15-9-17(23)11-18(24)10-15/h1-4,9-11H,5-8,12-14H2,(H,25,28). The molecule has 0 saturated carbocycles. The normalized spacial score (nSPS) is 14.4. The minimum Gasteiger partial charge on any atom is -0.484 e. The molecule has 1 heterocycles. The van der Waals surface area contributed by atoms with Crippen LogP contribution < -0.4 is 10.1 Å². The number of benzene rings is 2. The Hall–Kier alpha value is -3.07. The van der Waals surface area contributed by atoms with Crippen molar-refractivity contribution in [1.29, 1.82) is 0 Å². The zero-order chi connectivity index (χ0) is 21.5. The summed E-state index contributed by atoms with van der Waals surface area (Å²) in [6.07, 6.45) is 0. The molecular weight excluding hydrogens is 399 g/mol. The zero-order valence-corrected chi connectivity index (χ0v) is 16.2. The van der Waals surface area contributed by atoms with E-state index >= 15 is 0 Å². The van der Waals surface area contributed by atoms with Crippen LogP contribution in [-0.2, 0) is 16.1 Å². The molecule has 160 valence electrons. The summed E-state index contributed by atoms with van der Waals surface area (Å²) in [7, 11) is 0. The Morgan fingerprint density at radius 1 is 0.900 bits per heavy atom. The maximum atomic E-state index is 13.2. The fourth-order valence-corrected chi connectivity index (χ4v) is 3.10. The maximum Gasteiger partial charge on any atom is 0.260 e. The van der Waals surface area contributed by atoms with Gasteiger partial charge in [-0.3, -0.25) is 14.5 Å². The Labute approximate surface area is 172 Å². The van der Waals surface area contributed by atoms with E-state index in [0.29, 0.717) is 37.5 Å². The van der Waals surface area contributed by atoms with Crippen molar-refractivity contribution >= 4 is 11.8 Å². The molecule has 30 heavy (non-hydrogen) atoms. The Morgan fingerprint density at radius 3 is 2.17 bits per heavy atom. The zero-order valence-electron chi connectivity index (χ0n) is 16.2. The van der Waals surface area contributed by atoms with Crippen LogP contribution in [0.25, 0.3) is 0 Å². The summed E-state index contributed by atoms with van der Waals surface area (Å²) in [5.41, 5.74) is 0.345. The average molecular weight is 421 g/mol. The first kappa shape index (κ1) is 21.6. The first-order valence-corrected chi connectivity index (χ1v) is 9.49. The van der Waals surface area contributed by atoms with Crippen molar-refractivity contribution in [2.24, 2.45) is 0 Å². The minimum absolute atomic E-state index is 0.0344. The number of amides is 2. The van der Waals surface area contributed by atoms with E-state index in [-0.39, 0.29) is 37.3 Å². The quantitative estimate of drug-likeness (QED) is 0.743. The highest BCUT2D eigenvalue weighted by atomic mass is 19.1. The van der Waals surface area contributed by atoms with Crippen LogP contribution >= 0.6 is 0 Å². The molecule has 0 unspecified atom stereocenters. The average Bonchev–Trinajstić information content (AvgIpc) is 2.71. The van der Waals surface area contributed by atoms with Crippen molar-refractivity contribution in [2.45, 2.75) is 6.54 Å². The van der Waals surface area contributed by atoms with Gasteiger partial charge in [-0.25, -0.2) is 13.2 Å². The van der Waals surface area contributed by atoms with Gasteiger partial charge < -0.3 is 15.0 Å². The lowest BCUT2D eigenvalue weighted by molar-refractivity contribution is -0.135. The van der Waals surface area contributed by atoms with E-state index in [1.54, 1.807) is 4.90 Å². The van der Waals surface area contributed by atoms with E-state index in [4.69, 9.17) is 4.74 Å². The fourth-order valence-electron chi connectivity index (χ4n) is 3.10. The molecule has 0 radical (unpaired) electrons. The Kier molecular flexibility index (Phi) is 7.29. The van der Waals surface area contributed by atoms with Gasteiger partial charge in [0.25, 0.3) is 5.91 Å². The van der Waals surface area contributed by atoms with Crippen molar-refractivity contribution in [3.8, 4) is 5.75 Å². The van der Waals surface area contributed by atoms with Gasteiger partial charge in [0.15, 0.2) is 6.61 Å². The lowest BCUT2D eigenvalue weighted by Gasteiger charge is -2.34. The molecule has 1 saturated heterocycles. The smallest absolute Gasteiger partial charge is 0.260 e. The van der Waals surface area contributed by atoms with E-state index in [0.717, 1.165) is 6.07 Å². The van der Waals surface area contributed by atoms with Gasteiger partial charge in [-0.2, -0.15) is 0 Å². The van der Waals surface area contributed by atoms with Gasteiger partial charge in [0.05, 0.1) is 6.54 Å². The van der Waals surface area contributed by atoms with Crippen LogP contribution in [0.15, 0.2) is 42.5 Å². The third kappa shape index (κ3) is 6.48. The molecule has 2 amide bonds. The van der Waals surface area contributed by atoms with Crippen molar-refractivity contribution in [3.63, 3.8) is 0 Å². The Morgan fingerprint density at radius 2 is 1.53 bits per heavy atom. The number of ether oxygens (including phenoxy) is 1. The fraction of sp³-hybridized carbons (Fsp3) is 0.333. The highest BCUT2D eigenvalue weighted by molar-refractivity contribution is 5.79. The molecule has 2 aromatic carbocycles. The molecule has 1 fully saturated rings. The van der Waals surface area contributed by atoms with Crippen LogP contribution in [0.1, 0.15) is 5.56 Å². The first-order chi connectivity index (χ1) is 14.4. The molecule has 9 heteroatoms. The molecule has 0 atom stereocenters. The highest BCUT2D eigenvalue weighted by Gasteiger charge is 2.22. The first-order valence-electron chi connectivity index (χ1n) is 9.49. The third-order valence-corrected chi connectivity index (χ3v) is 4.68. The van der Waals surface area contributed by atoms with E-state index in [1.165, 1.54) is 36.4 Å². The van der Waals surface area contributed by atoms with Crippen molar-refractivity contribution in [1.82, 2.24) is 15.1 Å². The molecule has 1 aliphatic rings. The van der Waals surface area contributed by atoms with E-state index in [2.05, 4.69) is 5.32 Å². The van der Waals surface area contributed by atoms with Gasteiger partial charge in [-0.05, 0) is 42.0 Å². The Bertz CT molecular complexity index is 865. The number of piperazine rings is 1. The highest BCUT2D eigenvalue weighted by Crippen LogP contribution is 2.12. The summed E-state index contributed by atoms with van der Waals surface area (Å²) in [5.74, 6) is -1.79. The number of halogens is 3. The summed E-state index contributed by atoms with van der Waals surface area (Å²) in [6, 6.07) is 8.54. The number of nitrogens with one attached hydrogen (secondary N) is 1. The van der Waals surface area contributed by atoms with Crippen LogP contribution in [0.2, 0.25) is 0 Å². The van der Waals surface area contributed by atoms with Crippen molar-refractivity contribution in [3.05, 3.63) is 65.5 Å². The van der Waals surface area contributed by atoms with Gasteiger partial charge in [-0.1, -0.05) is 0 Å². The van der Waals surface area contributed by atoms with Gasteiger partial charge >= 0.3 is 0 Å². The topological polar surface area (TPSA) is 61.9 Å². The SMILES string of the molecule is O=C(CN1CCN(C(=O)COc2ccc(F)cc2)CC1)NCc1cc(F)cc(F)c1. The molecular formula is C21H22F3N3O3. The number of hydrogen-bond donors (Lipinski definition) is 1. The Balaban J connectivity index is 1.36. The predicted molar refractivity (Wildman–Crippen MR) is 103 cm³/mol. The van der Waals surface area contributed by atoms with E-state index < -0.39 is 11.6 Å². The second kappa shape index (κ2) is 10.1. The molecule has 1 aliphatic heterocycles. The molecule has 0 bridgehead atoms. The minimum atomic E-state index is -0.691. The molecule has 0 aromatic heterocycles. The van der Waals surface area contributed by atoms with Gasteiger partial charge in [0.1, 0.15) is 23.2 Å². The second-order valence-corrected chi connectivity index (χ2v) is 6.95. The van der Waals surface area contributed by atoms with Crippen LogP contribution in [0.5, 0.6) is 5.75 Å². The summed E-state index contributed by atoms with van der Waals surface area (Å²) in [4.78, 5) is 27.9. The number of nitrogens with zero attached hydrogens (tertiary/aromatic N) is 2. The van der Waals surface area contributed by atoms with Gasteiger partial charge in [0, 0.05) is 38.8 Å². The molecule has 2 aromatic rings. The largest absolute Gasteiger partial charge is 0.484 e. The summed E-state index contributed by atoms with van der Waals surface area (Å²) in [6.45, 7) is 1.96. The summed E-state index contributed by atoms with van der Waals surface area (Å²) >= 11 is 0. The van der Waals surface area contributed by atoms with E-state index in [1.807, 2.05) is 4.90 Å². The lowest BCUT2D eigenvalue weighted by atomic mass is 10.2. The summed E-state index contributed by atoms with van der Waals surface area (Å²) in [5, 5.41) is 2.64. The third-order valence-electron chi connectivity index (χ3n) is 4.68. The van der Waals surface area contributed by atoms with Crippen LogP contribution in [0.3, 0.4) is 0 Å². The number of rotatable bonds is 7. The lowest BCUT2D eigenvalue weighted by Crippen LogP contribution is -2.52. The number of carbonyl (C=O) groups is 2. The van der Waals surface area contributed by atoms with Gasteiger partial charge in [-0.15, -0.1) is 0 Å². The van der Waals surface area contributed by atoms with Crippen molar-refractivity contribution in [2.75, 3.05) is 39.3 Å². The van der Waals surface area contributed by atoms with Crippen LogP contribution in [-0.4, -0.2) is 60.9 Å². The van der Waals surface area contributed by atoms with Crippen LogP contribution in [0, 0.1) is 17.5 Å². The number of carbonyl (C=O) groups excluding carboxylic acids is 2. The van der Waals surface area contributed by atoms with Gasteiger partial charge in [0.2, 0.25) is 5.91 Å².